The molecule has 0 saturated carbocycles. The van der Waals surface area contributed by atoms with Crippen LogP contribution in [-0.2, 0) is 0 Å². The van der Waals surface area contributed by atoms with Gasteiger partial charge < -0.3 is 10.6 Å². The minimum Gasteiger partial charge on any atom is -0.382 e. The van der Waals surface area contributed by atoms with Crippen molar-refractivity contribution in [3.63, 3.8) is 0 Å². The second kappa shape index (κ2) is 5.35. The summed E-state index contributed by atoms with van der Waals surface area (Å²) in [7, 11) is 0. The van der Waals surface area contributed by atoms with E-state index in [4.69, 9.17) is 0 Å². The third-order valence-electron chi connectivity index (χ3n) is 3.82. The van der Waals surface area contributed by atoms with E-state index in [0.717, 1.165) is 12.8 Å². The number of hydrogen-bond donors (Lipinski definition) is 2. The average Bonchev–Trinajstić information content (AvgIpc) is 2.48. The Morgan fingerprint density at radius 2 is 1.79 bits per heavy atom. The molecule has 0 amide bonds. The molecule has 0 fully saturated rings. The van der Waals surface area contributed by atoms with Gasteiger partial charge in [-0.25, -0.2) is 0 Å². The summed E-state index contributed by atoms with van der Waals surface area (Å²) in [6.45, 7) is 2.24. The van der Waals surface area contributed by atoms with Gasteiger partial charge in [-0.1, -0.05) is 43.3 Å². The molecule has 3 rings (SSSR count). The van der Waals surface area contributed by atoms with Crippen molar-refractivity contribution in [1.29, 1.82) is 0 Å². The standard InChI is InChI=1S/C17H20N2/c1-2-13-12-17(19-14-8-4-3-5-9-14)15-10-6-7-11-16(15)18-13/h3-11,13,17-19H,2,12H2,1H3/t13-,17-/m1/s1. The van der Waals surface area contributed by atoms with Crippen LogP contribution in [0.4, 0.5) is 11.4 Å². The fourth-order valence-electron chi connectivity index (χ4n) is 2.76. The van der Waals surface area contributed by atoms with Gasteiger partial charge in [0.1, 0.15) is 0 Å². The van der Waals surface area contributed by atoms with E-state index in [1.807, 2.05) is 0 Å². The first-order valence-electron chi connectivity index (χ1n) is 7.04. The van der Waals surface area contributed by atoms with Crippen molar-refractivity contribution >= 4 is 11.4 Å². The Hall–Kier alpha value is -1.96. The molecule has 1 aliphatic heterocycles. The van der Waals surface area contributed by atoms with E-state index in [1.54, 1.807) is 0 Å². The molecule has 0 saturated heterocycles. The van der Waals surface area contributed by atoms with Gasteiger partial charge >= 0.3 is 0 Å². The zero-order valence-corrected chi connectivity index (χ0v) is 11.3. The highest BCUT2D eigenvalue weighted by molar-refractivity contribution is 5.58. The van der Waals surface area contributed by atoms with Gasteiger partial charge in [0.15, 0.2) is 0 Å². The zero-order valence-electron chi connectivity index (χ0n) is 11.3. The first-order valence-corrected chi connectivity index (χ1v) is 7.04. The average molecular weight is 252 g/mol. The van der Waals surface area contributed by atoms with Crippen LogP contribution in [-0.4, -0.2) is 6.04 Å². The number of rotatable bonds is 3. The number of nitrogens with one attached hydrogen (secondary N) is 2. The van der Waals surface area contributed by atoms with Gasteiger partial charge in [-0.2, -0.15) is 0 Å². The maximum atomic E-state index is 3.66. The molecule has 2 aromatic rings. The molecule has 98 valence electrons. The van der Waals surface area contributed by atoms with Crippen LogP contribution in [0.2, 0.25) is 0 Å². The molecule has 2 nitrogen and oxygen atoms in total. The molecule has 0 spiro atoms. The lowest BCUT2D eigenvalue weighted by atomic mass is 9.91. The van der Waals surface area contributed by atoms with E-state index >= 15 is 0 Å². The van der Waals surface area contributed by atoms with Gasteiger partial charge in [0.25, 0.3) is 0 Å². The lowest BCUT2D eigenvalue weighted by Crippen LogP contribution is -2.30. The number of fused-ring (bicyclic) bond motifs is 1. The summed E-state index contributed by atoms with van der Waals surface area (Å²) >= 11 is 0. The van der Waals surface area contributed by atoms with Crippen molar-refractivity contribution in [1.82, 2.24) is 0 Å². The number of anilines is 2. The summed E-state index contributed by atoms with van der Waals surface area (Å²) in [5.74, 6) is 0. The van der Waals surface area contributed by atoms with E-state index < -0.39 is 0 Å². The number of para-hydroxylation sites is 2. The minimum absolute atomic E-state index is 0.393. The summed E-state index contributed by atoms with van der Waals surface area (Å²) in [4.78, 5) is 0. The van der Waals surface area contributed by atoms with Crippen LogP contribution in [0, 0.1) is 0 Å². The van der Waals surface area contributed by atoms with E-state index in [0.29, 0.717) is 12.1 Å². The van der Waals surface area contributed by atoms with E-state index in [-0.39, 0.29) is 0 Å². The molecule has 0 unspecified atom stereocenters. The maximum absolute atomic E-state index is 3.66. The summed E-state index contributed by atoms with van der Waals surface area (Å²) < 4.78 is 0. The Morgan fingerprint density at radius 1 is 1.05 bits per heavy atom. The first-order chi connectivity index (χ1) is 9.36. The first kappa shape index (κ1) is 12.1. The predicted molar refractivity (Wildman–Crippen MR) is 81.6 cm³/mol. The Kier molecular flexibility index (Phi) is 3.41. The molecular weight excluding hydrogens is 232 g/mol. The smallest absolute Gasteiger partial charge is 0.0553 e. The van der Waals surface area contributed by atoms with Gasteiger partial charge in [-0.15, -0.1) is 0 Å². The molecule has 0 bridgehead atoms. The molecule has 0 aliphatic carbocycles. The van der Waals surface area contributed by atoms with Crippen molar-refractivity contribution in [2.75, 3.05) is 10.6 Å². The van der Waals surface area contributed by atoms with Gasteiger partial charge in [0.05, 0.1) is 6.04 Å². The summed E-state index contributed by atoms with van der Waals surface area (Å²) in [6, 6.07) is 20.0. The largest absolute Gasteiger partial charge is 0.382 e. The van der Waals surface area contributed by atoms with Gasteiger partial charge in [-0.05, 0) is 36.6 Å². The van der Waals surface area contributed by atoms with Crippen molar-refractivity contribution in [3.8, 4) is 0 Å². The summed E-state index contributed by atoms with van der Waals surface area (Å²) in [5.41, 5.74) is 3.84. The van der Waals surface area contributed by atoms with Crippen molar-refractivity contribution in [2.45, 2.75) is 31.8 Å². The molecule has 2 heteroatoms. The van der Waals surface area contributed by atoms with Gasteiger partial charge in [-0.3, -0.25) is 0 Å². The molecular formula is C17H20N2. The van der Waals surface area contributed by atoms with E-state index in [2.05, 4.69) is 72.2 Å². The van der Waals surface area contributed by atoms with Crippen LogP contribution < -0.4 is 10.6 Å². The lowest BCUT2D eigenvalue weighted by molar-refractivity contribution is 0.554. The summed E-state index contributed by atoms with van der Waals surface area (Å²) in [5, 5.41) is 7.28. The topological polar surface area (TPSA) is 24.1 Å². The third kappa shape index (κ3) is 2.58. The van der Waals surface area contributed by atoms with Crippen LogP contribution in [0.5, 0.6) is 0 Å². The van der Waals surface area contributed by atoms with Crippen molar-refractivity contribution < 1.29 is 0 Å². The number of benzene rings is 2. The van der Waals surface area contributed by atoms with Crippen molar-refractivity contribution in [3.05, 3.63) is 60.2 Å². The fourth-order valence-corrected chi connectivity index (χ4v) is 2.76. The molecule has 0 aromatic heterocycles. The highest BCUT2D eigenvalue weighted by atomic mass is 15.0. The van der Waals surface area contributed by atoms with Crippen LogP contribution in [0.15, 0.2) is 54.6 Å². The molecule has 19 heavy (non-hydrogen) atoms. The maximum Gasteiger partial charge on any atom is 0.0553 e. The molecule has 1 heterocycles. The Bertz CT molecular complexity index is 536. The Balaban J connectivity index is 1.88. The predicted octanol–water partition coefficient (Wildman–Crippen LogP) is 4.43. The highest BCUT2D eigenvalue weighted by Crippen LogP contribution is 2.35. The Labute approximate surface area is 114 Å². The third-order valence-corrected chi connectivity index (χ3v) is 3.82. The van der Waals surface area contributed by atoms with Crippen molar-refractivity contribution in [2.24, 2.45) is 0 Å². The van der Waals surface area contributed by atoms with Crippen LogP contribution >= 0.6 is 0 Å². The fraction of sp³-hybridized carbons (Fsp3) is 0.294. The molecule has 2 atom stereocenters. The summed E-state index contributed by atoms with van der Waals surface area (Å²) in [6.07, 6.45) is 2.28. The van der Waals surface area contributed by atoms with Gasteiger partial charge in [0.2, 0.25) is 0 Å². The van der Waals surface area contributed by atoms with Gasteiger partial charge in [0, 0.05) is 17.4 Å². The van der Waals surface area contributed by atoms with E-state index in [9.17, 15) is 0 Å². The highest BCUT2D eigenvalue weighted by Gasteiger charge is 2.24. The van der Waals surface area contributed by atoms with E-state index in [1.165, 1.54) is 16.9 Å². The van der Waals surface area contributed by atoms with Crippen LogP contribution in [0.3, 0.4) is 0 Å². The molecule has 2 aromatic carbocycles. The molecule has 0 radical (unpaired) electrons. The molecule has 2 N–H and O–H groups in total. The monoisotopic (exact) mass is 252 g/mol. The quantitative estimate of drug-likeness (QED) is 0.844. The SMILES string of the molecule is CC[C@@H]1C[C@@H](Nc2ccccc2)c2ccccc2N1. The Morgan fingerprint density at radius 3 is 2.58 bits per heavy atom. The zero-order chi connectivity index (χ0) is 13.1. The second-order valence-electron chi connectivity index (χ2n) is 5.14. The second-order valence-corrected chi connectivity index (χ2v) is 5.14. The number of hydrogen-bond acceptors (Lipinski definition) is 2. The van der Waals surface area contributed by atoms with Crippen LogP contribution in [0.25, 0.3) is 0 Å². The lowest BCUT2D eigenvalue weighted by Gasteiger charge is -2.33. The normalized spacial score (nSPS) is 21.3. The van der Waals surface area contributed by atoms with Crippen LogP contribution in [0.1, 0.15) is 31.4 Å². The molecule has 1 aliphatic rings. The minimum atomic E-state index is 0.393.